The fraction of sp³-hybridized carbons (Fsp3) is 0.444. The molecule has 2 heterocycles. The molecule has 6 nitrogen and oxygen atoms in total. The highest BCUT2D eigenvalue weighted by Gasteiger charge is 2.13. The normalized spacial score (nSPS) is 10.4. The molecule has 2 aromatic rings. The van der Waals surface area contributed by atoms with Gasteiger partial charge in [-0.15, -0.1) is 0 Å². The predicted octanol–water partition coefficient (Wildman–Crippen LogP) is 2.37. The van der Waals surface area contributed by atoms with Gasteiger partial charge >= 0.3 is 0 Å². The van der Waals surface area contributed by atoms with Crippen LogP contribution in [0.2, 0.25) is 0 Å². The van der Waals surface area contributed by atoms with E-state index in [-0.39, 0.29) is 5.91 Å². The van der Waals surface area contributed by atoms with E-state index in [1.54, 1.807) is 0 Å². The van der Waals surface area contributed by atoms with E-state index in [1.165, 1.54) is 0 Å². The average molecular weight is 325 g/mol. The van der Waals surface area contributed by atoms with Crippen LogP contribution in [-0.4, -0.2) is 20.7 Å². The van der Waals surface area contributed by atoms with E-state index in [0.29, 0.717) is 32.4 Å². The summed E-state index contributed by atoms with van der Waals surface area (Å²) in [5.41, 5.74) is 4.86. The summed E-state index contributed by atoms with van der Waals surface area (Å²) in [7, 11) is 0. The van der Waals surface area contributed by atoms with Crippen molar-refractivity contribution in [3.8, 4) is 6.07 Å². The SMILES string of the molecule is Cc1cccc(CNC(=O)CCc2c(C)nn(CCC#N)c2C)n1. The molecule has 0 spiro atoms. The third kappa shape index (κ3) is 4.66. The maximum atomic E-state index is 12.1. The fourth-order valence-corrected chi connectivity index (χ4v) is 2.68. The summed E-state index contributed by atoms with van der Waals surface area (Å²) in [6, 6.07) is 7.90. The highest BCUT2D eigenvalue weighted by Crippen LogP contribution is 2.15. The van der Waals surface area contributed by atoms with Gasteiger partial charge in [-0.25, -0.2) is 0 Å². The van der Waals surface area contributed by atoms with E-state index in [1.807, 2.05) is 43.7 Å². The Hall–Kier alpha value is -2.68. The molecule has 2 rings (SSSR count). The molecule has 0 unspecified atom stereocenters. The number of nitrogens with one attached hydrogen (secondary N) is 1. The Labute approximate surface area is 142 Å². The predicted molar refractivity (Wildman–Crippen MR) is 91.1 cm³/mol. The Balaban J connectivity index is 1.87. The van der Waals surface area contributed by atoms with Crippen LogP contribution in [0, 0.1) is 32.1 Å². The van der Waals surface area contributed by atoms with Gasteiger partial charge in [0.05, 0.1) is 37.0 Å². The van der Waals surface area contributed by atoms with E-state index in [4.69, 9.17) is 5.26 Å². The number of aromatic nitrogens is 3. The molecule has 0 aliphatic heterocycles. The largest absolute Gasteiger partial charge is 0.350 e. The summed E-state index contributed by atoms with van der Waals surface area (Å²) in [6.07, 6.45) is 1.50. The molecule has 0 saturated carbocycles. The summed E-state index contributed by atoms with van der Waals surface area (Å²) in [5, 5.41) is 16.0. The van der Waals surface area contributed by atoms with Crippen molar-refractivity contribution in [2.75, 3.05) is 0 Å². The standard InChI is InChI=1S/C18H23N5O/c1-13-6-4-7-16(21-13)12-20-18(24)9-8-17-14(2)22-23(15(17)3)11-5-10-19/h4,6-7H,5,8-9,11-12H2,1-3H3,(H,20,24). The Bertz CT molecular complexity index is 757. The van der Waals surface area contributed by atoms with Gasteiger partial charge in [-0.3, -0.25) is 14.5 Å². The summed E-state index contributed by atoms with van der Waals surface area (Å²) < 4.78 is 1.85. The Morgan fingerprint density at radius 3 is 2.83 bits per heavy atom. The molecule has 0 aliphatic rings. The average Bonchev–Trinajstić information content (AvgIpc) is 2.83. The van der Waals surface area contributed by atoms with Gasteiger partial charge in [-0.2, -0.15) is 10.4 Å². The van der Waals surface area contributed by atoms with Crippen LogP contribution < -0.4 is 5.32 Å². The van der Waals surface area contributed by atoms with E-state index < -0.39 is 0 Å². The van der Waals surface area contributed by atoms with Gasteiger partial charge in [0.2, 0.25) is 5.91 Å². The second kappa shape index (κ2) is 8.25. The molecule has 1 amide bonds. The Morgan fingerprint density at radius 2 is 2.12 bits per heavy atom. The minimum atomic E-state index is 0.00174. The highest BCUT2D eigenvalue weighted by molar-refractivity contribution is 5.76. The first-order valence-electron chi connectivity index (χ1n) is 8.10. The molecule has 0 radical (unpaired) electrons. The molecule has 0 aromatic carbocycles. The minimum absolute atomic E-state index is 0.00174. The van der Waals surface area contributed by atoms with Gasteiger partial charge in [0, 0.05) is 17.8 Å². The van der Waals surface area contributed by atoms with E-state index in [2.05, 4.69) is 21.5 Å². The molecule has 6 heteroatoms. The lowest BCUT2D eigenvalue weighted by atomic mass is 10.1. The van der Waals surface area contributed by atoms with Crippen molar-refractivity contribution in [3.63, 3.8) is 0 Å². The van der Waals surface area contributed by atoms with Crippen molar-refractivity contribution >= 4 is 5.91 Å². The van der Waals surface area contributed by atoms with Crippen molar-refractivity contribution in [1.82, 2.24) is 20.1 Å². The molecule has 0 atom stereocenters. The lowest BCUT2D eigenvalue weighted by molar-refractivity contribution is -0.121. The van der Waals surface area contributed by atoms with E-state index >= 15 is 0 Å². The molecule has 1 N–H and O–H groups in total. The van der Waals surface area contributed by atoms with Gasteiger partial charge in [-0.1, -0.05) is 6.07 Å². The van der Waals surface area contributed by atoms with Crippen molar-refractivity contribution in [2.24, 2.45) is 0 Å². The highest BCUT2D eigenvalue weighted by atomic mass is 16.1. The van der Waals surface area contributed by atoms with Crippen molar-refractivity contribution < 1.29 is 4.79 Å². The van der Waals surface area contributed by atoms with Crippen LogP contribution in [0.5, 0.6) is 0 Å². The molecular weight excluding hydrogens is 302 g/mol. The number of carbonyl (C=O) groups excluding carboxylic acids is 1. The van der Waals surface area contributed by atoms with Crippen molar-refractivity contribution in [3.05, 3.63) is 46.5 Å². The van der Waals surface area contributed by atoms with Gasteiger partial charge < -0.3 is 5.32 Å². The maximum absolute atomic E-state index is 12.1. The van der Waals surface area contributed by atoms with Crippen molar-refractivity contribution in [2.45, 2.75) is 53.1 Å². The number of rotatable bonds is 7. The van der Waals surface area contributed by atoms with E-state index in [0.717, 1.165) is 28.3 Å². The summed E-state index contributed by atoms with van der Waals surface area (Å²) in [5.74, 6) is 0.00174. The number of hydrogen-bond acceptors (Lipinski definition) is 4. The van der Waals surface area contributed by atoms with Gasteiger partial charge in [0.1, 0.15) is 0 Å². The smallest absolute Gasteiger partial charge is 0.220 e. The zero-order valence-corrected chi connectivity index (χ0v) is 14.5. The minimum Gasteiger partial charge on any atom is -0.350 e. The first kappa shape index (κ1) is 17.7. The van der Waals surface area contributed by atoms with Gasteiger partial charge in [-0.05, 0) is 44.9 Å². The lowest BCUT2D eigenvalue weighted by Crippen LogP contribution is -2.23. The Kier molecular flexibility index (Phi) is 6.07. The number of aryl methyl sites for hydroxylation is 3. The summed E-state index contributed by atoms with van der Waals surface area (Å²) >= 11 is 0. The first-order chi connectivity index (χ1) is 11.5. The van der Waals surface area contributed by atoms with Crippen LogP contribution in [0.15, 0.2) is 18.2 Å². The molecule has 24 heavy (non-hydrogen) atoms. The molecule has 0 bridgehead atoms. The van der Waals surface area contributed by atoms with Crippen LogP contribution in [-0.2, 0) is 24.3 Å². The van der Waals surface area contributed by atoms with Crippen LogP contribution in [0.25, 0.3) is 0 Å². The number of carbonyl (C=O) groups is 1. The topological polar surface area (TPSA) is 83.6 Å². The zero-order valence-electron chi connectivity index (χ0n) is 14.5. The number of hydrogen-bond donors (Lipinski definition) is 1. The molecule has 0 fully saturated rings. The first-order valence-corrected chi connectivity index (χ1v) is 8.10. The van der Waals surface area contributed by atoms with Gasteiger partial charge in [0.15, 0.2) is 0 Å². The summed E-state index contributed by atoms with van der Waals surface area (Å²) in [6.45, 7) is 6.90. The summed E-state index contributed by atoms with van der Waals surface area (Å²) in [4.78, 5) is 16.4. The lowest BCUT2D eigenvalue weighted by Gasteiger charge is -2.06. The number of pyridine rings is 1. The van der Waals surface area contributed by atoms with E-state index in [9.17, 15) is 4.79 Å². The molecule has 126 valence electrons. The second-order valence-electron chi connectivity index (χ2n) is 5.83. The fourth-order valence-electron chi connectivity index (χ4n) is 2.68. The third-order valence-corrected chi connectivity index (χ3v) is 3.98. The van der Waals surface area contributed by atoms with Crippen LogP contribution >= 0.6 is 0 Å². The van der Waals surface area contributed by atoms with Crippen LogP contribution in [0.4, 0.5) is 0 Å². The number of nitriles is 1. The third-order valence-electron chi connectivity index (χ3n) is 3.98. The molecule has 0 saturated heterocycles. The molecule has 2 aromatic heterocycles. The molecule has 0 aliphatic carbocycles. The monoisotopic (exact) mass is 325 g/mol. The zero-order chi connectivity index (χ0) is 17.5. The van der Waals surface area contributed by atoms with Crippen LogP contribution in [0.3, 0.4) is 0 Å². The maximum Gasteiger partial charge on any atom is 0.220 e. The number of amides is 1. The number of nitrogens with zero attached hydrogens (tertiary/aromatic N) is 4. The second-order valence-corrected chi connectivity index (χ2v) is 5.83. The van der Waals surface area contributed by atoms with Crippen LogP contribution in [0.1, 0.15) is 41.2 Å². The Morgan fingerprint density at radius 1 is 1.33 bits per heavy atom. The van der Waals surface area contributed by atoms with Gasteiger partial charge in [0.25, 0.3) is 0 Å². The quantitative estimate of drug-likeness (QED) is 0.847. The molecular formula is C18H23N5O. The van der Waals surface area contributed by atoms with Crippen molar-refractivity contribution in [1.29, 1.82) is 5.26 Å².